The van der Waals surface area contributed by atoms with E-state index in [4.69, 9.17) is 4.74 Å². The molecule has 31 heavy (non-hydrogen) atoms. The fourth-order valence-electron chi connectivity index (χ4n) is 3.61. The number of nitriles is 1. The van der Waals surface area contributed by atoms with E-state index < -0.39 is 6.10 Å². The predicted molar refractivity (Wildman–Crippen MR) is 118 cm³/mol. The number of benzene rings is 2. The largest absolute Gasteiger partial charge is 0.479 e. The van der Waals surface area contributed by atoms with Crippen LogP contribution in [0.3, 0.4) is 0 Å². The number of hydrogen-bond donors (Lipinski definition) is 1. The highest BCUT2D eigenvalue weighted by molar-refractivity contribution is 5.81. The van der Waals surface area contributed by atoms with Crippen LogP contribution in [-0.4, -0.2) is 56.2 Å². The number of carbonyl (C=O) groups is 1. The summed E-state index contributed by atoms with van der Waals surface area (Å²) >= 11 is 0. The van der Waals surface area contributed by atoms with Crippen LogP contribution in [0.2, 0.25) is 0 Å². The van der Waals surface area contributed by atoms with Crippen molar-refractivity contribution in [1.29, 1.82) is 5.26 Å². The molecule has 0 saturated carbocycles. The minimum atomic E-state index is -0.662. The van der Waals surface area contributed by atoms with Gasteiger partial charge in [0.05, 0.1) is 5.56 Å². The predicted octanol–water partition coefficient (Wildman–Crippen LogP) is 3.04. The van der Waals surface area contributed by atoms with Gasteiger partial charge in [0.2, 0.25) is 0 Å². The van der Waals surface area contributed by atoms with Gasteiger partial charge < -0.3 is 15.0 Å². The Morgan fingerprint density at radius 1 is 1.13 bits per heavy atom. The topological polar surface area (TPSA) is 68.6 Å². The smallest absolute Gasteiger partial charge is 0.261 e. The van der Waals surface area contributed by atoms with Crippen LogP contribution in [0.15, 0.2) is 48.5 Å². The van der Waals surface area contributed by atoms with Crippen molar-refractivity contribution in [1.82, 2.24) is 10.2 Å². The lowest BCUT2D eigenvalue weighted by molar-refractivity contribution is -0.129. The number of para-hydroxylation sites is 1. The van der Waals surface area contributed by atoms with Crippen molar-refractivity contribution in [3.8, 4) is 11.8 Å². The van der Waals surface area contributed by atoms with Gasteiger partial charge in [0, 0.05) is 45.0 Å². The van der Waals surface area contributed by atoms with E-state index in [1.54, 1.807) is 24.3 Å². The first kappa shape index (κ1) is 22.6. The fourth-order valence-corrected chi connectivity index (χ4v) is 3.61. The van der Waals surface area contributed by atoms with Gasteiger partial charge in [0.1, 0.15) is 17.6 Å². The number of anilines is 1. The first-order chi connectivity index (χ1) is 15.0. The van der Waals surface area contributed by atoms with Gasteiger partial charge in [0.15, 0.2) is 6.10 Å². The summed E-state index contributed by atoms with van der Waals surface area (Å²) in [6, 6.07) is 15.6. The number of amides is 1. The molecule has 1 saturated heterocycles. The maximum atomic E-state index is 13.1. The van der Waals surface area contributed by atoms with Crippen molar-refractivity contribution < 1.29 is 13.9 Å². The van der Waals surface area contributed by atoms with Gasteiger partial charge in [-0.1, -0.05) is 26.0 Å². The molecule has 1 unspecified atom stereocenters. The monoisotopic (exact) mass is 424 g/mol. The average Bonchev–Trinajstić information content (AvgIpc) is 2.78. The number of hydrogen-bond acceptors (Lipinski definition) is 5. The highest BCUT2D eigenvalue weighted by Gasteiger charge is 2.25. The summed E-state index contributed by atoms with van der Waals surface area (Å²) in [5.74, 6) is -0.00706. The summed E-state index contributed by atoms with van der Waals surface area (Å²) in [4.78, 5) is 17.3. The number of carbonyl (C=O) groups excluding carboxylic acids is 1. The van der Waals surface area contributed by atoms with E-state index in [-0.39, 0.29) is 17.6 Å². The first-order valence-corrected chi connectivity index (χ1v) is 10.6. The zero-order valence-corrected chi connectivity index (χ0v) is 18.1. The molecule has 1 aliphatic heterocycles. The molecule has 1 N–H and O–H groups in total. The van der Waals surface area contributed by atoms with Crippen LogP contribution >= 0.6 is 0 Å². The summed E-state index contributed by atoms with van der Waals surface area (Å²) in [6.07, 6.45) is -0.662. The Hall–Kier alpha value is -3.11. The minimum Gasteiger partial charge on any atom is -0.479 e. The van der Waals surface area contributed by atoms with Gasteiger partial charge in [-0.3, -0.25) is 9.69 Å². The molecule has 0 radical (unpaired) electrons. The van der Waals surface area contributed by atoms with E-state index in [0.717, 1.165) is 38.4 Å². The van der Waals surface area contributed by atoms with Gasteiger partial charge in [-0.15, -0.1) is 0 Å². The second-order valence-electron chi connectivity index (χ2n) is 7.99. The van der Waals surface area contributed by atoms with Gasteiger partial charge in [-0.2, -0.15) is 5.26 Å². The third-order valence-electron chi connectivity index (χ3n) is 5.42. The molecule has 1 heterocycles. The molecule has 3 rings (SSSR count). The standard InChI is InChI=1S/C24H29FN4O2/c1-18(2)23(31-22-6-4-3-5-19(22)17-26)24(30)27-11-12-28-13-15-29(16-14-28)21-9-7-20(25)8-10-21/h3-10,18,23H,11-16H2,1-2H3,(H,27,30). The SMILES string of the molecule is CC(C)C(Oc1ccccc1C#N)C(=O)NCCN1CCN(c2ccc(F)cc2)CC1. The second-order valence-corrected chi connectivity index (χ2v) is 7.99. The van der Waals surface area contributed by atoms with Gasteiger partial charge in [-0.25, -0.2) is 4.39 Å². The number of halogens is 1. The molecule has 2 aromatic carbocycles. The molecule has 1 amide bonds. The molecule has 0 aromatic heterocycles. The maximum absolute atomic E-state index is 13.1. The molecule has 1 aliphatic rings. The van der Waals surface area contributed by atoms with Crippen LogP contribution < -0.4 is 15.0 Å². The van der Waals surface area contributed by atoms with Crippen LogP contribution in [0, 0.1) is 23.1 Å². The number of rotatable bonds is 8. The van der Waals surface area contributed by atoms with Crippen LogP contribution in [-0.2, 0) is 4.79 Å². The van der Waals surface area contributed by atoms with E-state index in [2.05, 4.69) is 21.2 Å². The van der Waals surface area contributed by atoms with Crippen molar-refractivity contribution >= 4 is 11.6 Å². The molecular formula is C24H29FN4O2. The Morgan fingerprint density at radius 2 is 1.81 bits per heavy atom. The van der Waals surface area contributed by atoms with Crippen LogP contribution in [0.4, 0.5) is 10.1 Å². The zero-order valence-electron chi connectivity index (χ0n) is 18.1. The fraction of sp³-hybridized carbons (Fsp3) is 0.417. The lowest BCUT2D eigenvalue weighted by atomic mass is 10.1. The summed E-state index contributed by atoms with van der Waals surface area (Å²) < 4.78 is 19.0. The summed E-state index contributed by atoms with van der Waals surface area (Å²) in [6.45, 7) is 8.62. The van der Waals surface area contributed by atoms with Crippen LogP contribution in [0.25, 0.3) is 0 Å². The number of nitrogens with one attached hydrogen (secondary N) is 1. The highest BCUT2D eigenvalue weighted by atomic mass is 19.1. The van der Waals surface area contributed by atoms with Crippen molar-refractivity contribution in [3.05, 3.63) is 59.9 Å². The van der Waals surface area contributed by atoms with Crippen molar-refractivity contribution in [2.45, 2.75) is 20.0 Å². The Balaban J connectivity index is 1.45. The summed E-state index contributed by atoms with van der Waals surface area (Å²) in [7, 11) is 0. The molecule has 1 atom stereocenters. The molecule has 0 bridgehead atoms. The Kier molecular flexibility index (Phi) is 7.85. The zero-order chi connectivity index (χ0) is 22.2. The van der Waals surface area contributed by atoms with Crippen LogP contribution in [0.1, 0.15) is 19.4 Å². The highest BCUT2D eigenvalue weighted by Crippen LogP contribution is 2.21. The Bertz CT molecular complexity index is 903. The normalized spacial score (nSPS) is 15.4. The quantitative estimate of drug-likeness (QED) is 0.706. The molecule has 7 heteroatoms. The van der Waals surface area contributed by atoms with Crippen LogP contribution in [0.5, 0.6) is 5.75 Å². The lowest BCUT2D eigenvalue weighted by Gasteiger charge is -2.36. The first-order valence-electron chi connectivity index (χ1n) is 10.6. The number of ether oxygens (including phenoxy) is 1. The summed E-state index contributed by atoms with van der Waals surface area (Å²) in [5.41, 5.74) is 1.45. The Labute approximate surface area is 183 Å². The van der Waals surface area contributed by atoms with Gasteiger partial charge in [0.25, 0.3) is 5.91 Å². The van der Waals surface area contributed by atoms with E-state index in [9.17, 15) is 14.4 Å². The van der Waals surface area contributed by atoms with E-state index >= 15 is 0 Å². The van der Waals surface area contributed by atoms with Gasteiger partial charge >= 0.3 is 0 Å². The average molecular weight is 425 g/mol. The molecule has 6 nitrogen and oxygen atoms in total. The molecule has 164 valence electrons. The summed E-state index contributed by atoms with van der Waals surface area (Å²) in [5, 5.41) is 12.2. The third-order valence-corrected chi connectivity index (χ3v) is 5.42. The second kappa shape index (κ2) is 10.8. The number of piperazine rings is 1. The Morgan fingerprint density at radius 3 is 2.45 bits per heavy atom. The van der Waals surface area contributed by atoms with Crippen molar-refractivity contribution in [3.63, 3.8) is 0 Å². The maximum Gasteiger partial charge on any atom is 0.261 e. The van der Waals surface area contributed by atoms with E-state index in [1.165, 1.54) is 12.1 Å². The molecule has 2 aromatic rings. The van der Waals surface area contributed by atoms with E-state index in [1.807, 2.05) is 26.0 Å². The molecule has 1 fully saturated rings. The molecular weight excluding hydrogens is 395 g/mol. The van der Waals surface area contributed by atoms with Crippen molar-refractivity contribution in [2.24, 2.45) is 5.92 Å². The van der Waals surface area contributed by atoms with Crippen molar-refractivity contribution in [2.75, 3.05) is 44.2 Å². The molecule has 0 spiro atoms. The lowest BCUT2D eigenvalue weighted by Crippen LogP contribution is -2.49. The van der Waals surface area contributed by atoms with E-state index in [0.29, 0.717) is 17.9 Å². The van der Waals surface area contributed by atoms with Gasteiger partial charge in [-0.05, 0) is 42.3 Å². The number of nitrogens with zero attached hydrogens (tertiary/aromatic N) is 3. The minimum absolute atomic E-state index is 0.0361. The molecule has 0 aliphatic carbocycles. The third kappa shape index (κ3) is 6.19.